The maximum absolute atomic E-state index is 0. The Balaban J connectivity index is 0. The molecule has 4 radical (unpaired) electrons. The van der Waals surface area contributed by atoms with Gasteiger partial charge in [0.1, 0.15) is 0 Å². The Morgan fingerprint density at radius 3 is 0.833 bits per heavy atom. The molecule has 0 rings (SSSR count). The molecule has 0 aromatic rings. The van der Waals surface area contributed by atoms with Crippen LogP contribution in [-0.4, -0.2) is 103 Å². The summed E-state index contributed by atoms with van der Waals surface area (Å²) >= 11 is 0. The Morgan fingerprint density at radius 1 is 0.833 bits per heavy atom. The van der Waals surface area contributed by atoms with Gasteiger partial charge in [-0.15, -0.1) is 0 Å². The molecule has 0 nitrogen and oxygen atoms in total. The summed E-state index contributed by atoms with van der Waals surface area (Å²) in [5, 5.41) is 0. The van der Waals surface area contributed by atoms with Crippen molar-refractivity contribution in [2.45, 2.75) is 0 Å². The fourth-order valence-electron chi connectivity index (χ4n) is 0. The molecule has 6 heteroatoms. The van der Waals surface area contributed by atoms with Gasteiger partial charge in [0.05, 0.1) is 0 Å². The third kappa shape index (κ3) is 27.9. The molecule has 0 aromatic heterocycles. The molecule has 0 saturated carbocycles. The maximum atomic E-state index is 0. The van der Waals surface area contributed by atoms with E-state index in [-0.39, 0.29) is 103 Å². The summed E-state index contributed by atoms with van der Waals surface area (Å²) in [6, 6.07) is 0. The topological polar surface area (TPSA) is 0 Å². The first-order valence-electron chi connectivity index (χ1n) is 0. The predicted octanol–water partition coefficient (Wildman–Crippen LogP) is -7.10. The minimum atomic E-state index is 0. The molecule has 0 saturated heterocycles. The third-order valence-corrected chi connectivity index (χ3v) is 0. The van der Waals surface area contributed by atoms with Gasteiger partial charge in [0.15, 0.2) is 0 Å². The molecule has 0 aliphatic rings. The van der Waals surface area contributed by atoms with Crippen molar-refractivity contribution in [3.05, 3.63) is 0 Å². The Bertz CT molecular complexity index is 11.5. The predicted molar refractivity (Wildman–Crippen MR) is 59.6 cm³/mol. The van der Waals surface area contributed by atoms with Crippen LogP contribution >= 0.6 is 0 Å². The smallest absolute Gasteiger partial charge is 0.0125 e. The van der Waals surface area contributed by atoms with Gasteiger partial charge < -0.3 is 0 Å². The Morgan fingerprint density at radius 2 is 0.833 bits per heavy atom. The van der Waals surface area contributed by atoms with E-state index in [2.05, 4.69) is 0 Å². The standard InChI is InChI=1S/Ga.GeH4.GeH2.In.2H3Si.6H/h;1H4;1H2;;2*1H3;;;;;;. The van der Waals surface area contributed by atoms with Crippen LogP contribution in [0, 0.1) is 0 Å². The largest absolute Gasteiger partial charge is 0.0125 e. The van der Waals surface area contributed by atoms with Crippen molar-refractivity contribution in [1.82, 2.24) is 0 Å². The summed E-state index contributed by atoms with van der Waals surface area (Å²) in [5.74, 6) is 0. The number of hydrogen-bond donors (Lipinski definition) is 0. The van der Waals surface area contributed by atoms with E-state index in [4.69, 9.17) is 0 Å². The summed E-state index contributed by atoms with van der Waals surface area (Å²) in [5.41, 5.74) is 0. The van der Waals surface area contributed by atoms with Gasteiger partial charge >= 0.3 is 80.8 Å². The minimum absolute atomic E-state index is 0. The van der Waals surface area contributed by atoms with Gasteiger partial charge in [-0.25, -0.2) is 0 Å². The maximum Gasteiger partial charge on any atom is -0.0125 e. The molecule has 0 fully saturated rings. The molecule has 0 spiro atoms. The summed E-state index contributed by atoms with van der Waals surface area (Å²) in [7, 11) is 0. The van der Waals surface area contributed by atoms with Gasteiger partial charge in [0.25, 0.3) is 0 Å². The van der Waals surface area contributed by atoms with E-state index < -0.39 is 0 Å². The fourth-order valence-corrected chi connectivity index (χ4v) is 0. The second kappa shape index (κ2) is 43.3. The first-order chi connectivity index (χ1) is 0. The van der Waals surface area contributed by atoms with Crippen molar-refractivity contribution in [3.63, 3.8) is 0 Å². The molecule has 0 heterocycles. The average Bonchev–Trinajstić information content (AvgIpc) is 0. The molecule has 0 N–H and O–H groups in total. The normalized spacial score (nSPS) is 0. The zero-order valence-corrected chi connectivity index (χ0v) is 9.67. The van der Waals surface area contributed by atoms with Crippen LogP contribution in [0.1, 0.15) is 0 Å². The first kappa shape index (κ1) is 63.5. The second-order valence-electron chi connectivity index (χ2n) is 0. The van der Waals surface area contributed by atoms with Crippen molar-refractivity contribution < 1.29 is 0 Å². The molecule has 0 amide bonds. The van der Waals surface area contributed by atoms with Crippen LogP contribution in [-0.2, 0) is 0 Å². The van der Waals surface area contributed by atoms with Gasteiger partial charge in [-0.1, -0.05) is 0 Å². The molecule has 0 aliphatic carbocycles. The number of hydrogen-bond acceptors (Lipinski definition) is 0. The van der Waals surface area contributed by atoms with Crippen LogP contribution in [0.5, 0.6) is 0 Å². The molecule has 0 aromatic carbocycles. The van der Waals surface area contributed by atoms with Crippen LogP contribution in [0.25, 0.3) is 0 Å². The first-order valence-corrected chi connectivity index (χ1v) is 0. The fraction of sp³-hybridized carbons (Fsp3) is 0. The number of rotatable bonds is 0. The van der Waals surface area contributed by atoms with Crippen LogP contribution in [0.3, 0.4) is 0 Å². The van der Waals surface area contributed by atoms with E-state index in [9.17, 15) is 0 Å². The SMILES string of the molecule is [GaH3].[GeH2].[GeH4].[InH3].[SiH3].[SiH3]. The molecule has 0 aliphatic heterocycles. The average molecular weight is 404 g/mol. The van der Waals surface area contributed by atoms with E-state index in [0.29, 0.717) is 0 Å². The summed E-state index contributed by atoms with van der Waals surface area (Å²) in [4.78, 5) is 0. The van der Waals surface area contributed by atoms with E-state index in [1.54, 1.807) is 0 Å². The minimum Gasteiger partial charge on any atom is -0.0125 e. The zero-order valence-electron chi connectivity index (χ0n) is 2.71. The Hall–Kier alpha value is 3.03. The summed E-state index contributed by atoms with van der Waals surface area (Å²) in [6.07, 6.45) is 0. The molecule has 0 bridgehead atoms. The molecule has 6 heavy (non-hydrogen) atoms. The van der Waals surface area contributed by atoms with Crippen molar-refractivity contribution in [3.8, 4) is 0 Å². The van der Waals surface area contributed by atoms with Gasteiger partial charge in [-0.2, -0.15) is 0 Å². The Labute approximate surface area is 101 Å². The zero-order chi connectivity index (χ0) is 0. The van der Waals surface area contributed by atoms with E-state index >= 15 is 0 Å². The van der Waals surface area contributed by atoms with Crippen LogP contribution in [0.2, 0.25) is 0 Å². The molecular weight excluding hydrogens is 386 g/mol. The van der Waals surface area contributed by atoms with Gasteiger partial charge in [0.2, 0.25) is 0 Å². The molecular formula is H18GaGe2InSi2. The third-order valence-electron chi connectivity index (χ3n) is 0. The van der Waals surface area contributed by atoms with E-state index in [1.165, 1.54) is 0 Å². The van der Waals surface area contributed by atoms with Crippen LogP contribution in [0.15, 0.2) is 0 Å². The van der Waals surface area contributed by atoms with Crippen molar-refractivity contribution in [2.24, 2.45) is 0 Å². The van der Waals surface area contributed by atoms with Crippen LogP contribution < -0.4 is 0 Å². The van der Waals surface area contributed by atoms with Gasteiger partial charge in [0, 0.05) is 0 Å². The van der Waals surface area contributed by atoms with Crippen molar-refractivity contribution >= 4 is 103 Å². The van der Waals surface area contributed by atoms with Crippen LogP contribution in [0.4, 0.5) is 0 Å². The van der Waals surface area contributed by atoms with E-state index in [0.717, 1.165) is 0 Å². The van der Waals surface area contributed by atoms with Gasteiger partial charge in [-0.05, 0) is 21.9 Å². The quantitative estimate of drug-likeness (QED) is 0.353. The second-order valence-corrected chi connectivity index (χ2v) is 0. The molecule has 0 atom stereocenters. The van der Waals surface area contributed by atoms with Crippen molar-refractivity contribution in [1.29, 1.82) is 0 Å². The molecule has 0 unspecified atom stereocenters. The Kier molecular flexibility index (Phi) is 458. The monoisotopic (exact) mass is 406 g/mol. The molecule has 40 valence electrons. The summed E-state index contributed by atoms with van der Waals surface area (Å²) in [6.45, 7) is 0. The van der Waals surface area contributed by atoms with Crippen molar-refractivity contribution in [2.75, 3.05) is 0 Å². The van der Waals surface area contributed by atoms with E-state index in [1.807, 2.05) is 0 Å². The summed E-state index contributed by atoms with van der Waals surface area (Å²) < 4.78 is 0. The van der Waals surface area contributed by atoms with Gasteiger partial charge in [-0.3, -0.25) is 0 Å².